The van der Waals surface area contributed by atoms with Gasteiger partial charge >= 0.3 is 5.97 Å². The third-order valence-corrected chi connectivity index (χ3v) is 6.37. The molecule has 1 aliphatic carbocycles. The van der Waals surface area contributed by atoms with Crippen LogP contribution in [0.15, 0.2) is 30.4 Å². The van der Waals surface area contributed by atoms with Gasteiger partial charge in [-0.2, -0.15) is 0 Å². The molecule has 4 heteroatoms. The number of methoxy groups -OCH3 is 1. The predicted molar refractivity (Wildman–Crippen MR) is 88.6 cm³/mol. The molecule has 6 rings (SSSR count). The first-order chi connectivity index (χ1) is 11.2. The van der Waals surface area contributed by atoms with E-state index in [0.717, 1.165) is 32.5 Å². The molecule has 0 spiro atoms. The second-order valence-electron chi connectivity index (χ2n) is 7.39. The van der Waals surface area contributed by atoms with Crippen LogP contribution in [0.25, 0.3) is 0 Å². The number of ether oxygens (including phenoxy) is 1. The monoisotopic (exact) mass is 310 g/mol. The summed E-state index contributed by atoms with van der Waals surface area (Å²) in [5.74, 6) is 0.886. The minimum absolute atomic E-state index is 0.0671. The van der Waals surface area contributed by atoms with Crippen molar-refractivity contribution in [3.63, 3.8) is 0 Å². The van der Waals surface area contributed by atoms with E-state index < -0.39 is 5.41 Å². The van der Waals surface area contributed by atoms with Crippen LogP contribution < -0.4 is 5.32 Å². The summed E-state index contributed by atoms with van der Waals surface area (Å²) in [6, 6.07) is 6.55. The summed E-state index contributed by atoms with van der Waals surface area (Å²) in [7, 11) is 1.53. The summed E-state index contributed by atoms with van der Waals surface area (Å²) in [5, 5.41) is 3.55. The van der Waals surface area contributed by atoms with Gasteiger partial charge in [0.1, 0.15) is 5.41 Å². The first kappa shape index (κ1) is 13.6. The molecule has 23 heavy (non-hydrogen) atoms. The second-order valence-corrected chi connectivity index (χ2v) is 7.39. The van der Waals surface area contributed by atoms with E-state index in [-0.39, 0.29) is 12.0 Å². The first-order valence-electron chi connectivity index (χ1n) is 8.62. The number of hydrogen-bond acceptors (Lipinski definition) is 4. The molecule has 0 amide bonds. The minimum atomic E-state index is -0.539. The van der Waals surface area contributed by atoms with E-state index in [1.807, 2.05) is 0 Å². The van der Waals surface area contributed by atoms with Gasteiger partial charge in [0.15, 0.2) is 0 Å². The Morgan fingerprint density at radius 3 is 3.13 bits per heavy atom. The highest BCUT2D eigenvalue weighted by molar-refractivity contribution is 5.87. The number of nitrogens with one attached hydrogen (secondary N) is 1. The maximum atomic E-state index is 13.1. The number of hydrogen-bond donors (Lipinski definition) is 1. The molecule has 1 N–H and O–H groups in total. The van der Waals surface area contributed by atoms with Crippen LogP contribution in [0.2, 0.25) is 0 Å². The van der Waals surface area contributed by atoms with Crippen LogP contribution in [0.1, 0.15) is 29.9 Å². The van der Waals surface area contributed by atoms with Crippen LogP contribution in [0.3, 0.4) is 0 Å². The fraction of sp³-hybridized carbons (Fsp3) is 0.526. The van der Waals surface area contributed by atoms with E-state index in [2.05, 4.69) is 40.6 Å². The van der Waals surface area contributed by atoms with Crippen molar-refractivity contribution in [2.45, 2.75) is 30.2 Å². The standard InChI is InChI=1S/C19H22N2O2/c1-23-18(22)19-9-12-5-6-16(19)21(11-12)8-7-13-10-20-15-4-2-3-14(19)17(13)15/h2-6,12-13,16,20H,7-11H2,1H3/t12-,13?,16+,19-/m1/s1. The minimum Gasteiger partial charge on any atom is -0.468 e. The smallest absolute Gasteiger partial charge is 0.318 e. The van der Waals surface area contributed by atoms with E-state index in [1.54, 1.807) is 0 Å². The van der Waals surface area contributed by atoms with Gasteiger partial charge in [-0.25, -0.2) is 0 Å². The lowest BCUT2D eigenvalue weighted by Crippen LogP contribution is -2.63. The zero-order valence-corrected chi connectivity index (χ0v) is 13.4. The Balaban J connectivity index is 1.80. The molecule has 4 aliphatic heterocycles. The van der Waals surface area contributed by atoms with Crippen LogP contribution in [0, 0.1) is 5.92 Å². The number of carbonyl (C=O) groups is 1. The predicted octanol–water partition coefficient (Wildman–Crippen LogP) is 2.27. The average molecular weight is 310 g/mol. The quantitative estimate of drug-likeness (QED) is 0.638. The highest BCUT2D eigenvalue weighted by Crippen LogP contribution is 2.52. The van der Waals surface area contributed by atoms with Crippen molar-refractivity contribution in [1.29, 1.82) is 0 Å². The Morgan fingerprint density at radius 2 is 2.30 bits per heavy atom. The van der Waals surface area contributed by atoms with E-state index in [1.165, 1.54) is 23.9 Å². The number of anilines is 1. The molecule has 1 aromatic rings. The Labute approximate surface area is 136 Å². The Hall–Kier alpha value is -1.81. The molecule has 2 unspecified atom stereocenters. The molecule has 1 saturated heterocycles. The number of piperidine rings is 1. The van der Waals surface area contributed by atoms with Gasteiger partial charge in [-0.15, -0.1) is 0 Å². The summed E-state index contributed by atoms with van der Waals surface area (Å²) in [6.07, 6.45) is 6.60. The van der Waals surface area contributed by atoms with E-state index in [4.69, 9.17) is 4.74 Å². The number of carbonyl (C=O) groups excluding carboxylic acids is 1. The third-order valence-electron chi connectivity index (χ3n) is 6.37. The molecule has 0 radical (unpaired) electrons. The highest BCUT2D eigenvalue weighted by atomic mass is 16.5. The number of benzene rings is 1. The fourth-order valence-electron chi connectivity index (χ4n) is 5.45. The van der Waals surface area contributed by atoms with Gasteiger partial charge in [-0.1, -0.05) is 24.3 Å². The zero-order chi connectivity index (χ0) is 15.6. The normalized spacial score (nSPS) is 39.2. The summed E-state index contributed by atoms with van der Waals surface area (Å²) in [6.45, 7) is 3.13. The van der Waals surface area contributed by atoms with Crippen molar-refractivity contribution >= 4 is 11.7 Å². The molecule has 1 fully saturated rings. The average Bonchev–Trinajstić information content (AvgIpc) is 3.01. The lowest BCUT2D eigenvalue weighted by atomic mass is 9.59. The van der Waals surface area contributed by atoms with Crippen LogP contribution in [0.4, 0.5) is 5.69 Å². The van der Waals surface area contributed by atoms with Gasteiger partial charge in [-0.05, 0) is 42.5 Å². The van der Waals surface area contributed by atoms with Gasteiger partial charge < -0.3 is 10.1 Å². The van der Waals surface area contributed by atoms with Gasteiger partial charge in [0.25, 0.3) is 0 Å². The summed E-state index contributed by atoms with van der Waals surface area (Å²) in [4.78, 5) is 15.6. The van der Waals surface area contributed by atoms with Crippen molar-refractivity contribution in [2.24, 2.45) is 5.92 Å². The zero-order valence-electron chi connectivity index (χ0n) is 13.4. The molecule has 5 atom stereocenters. The van der Waals surface area contributed by atoms with Crippen molar-refractivity contribution in [3.05, 3.63) is 41.5 Å². The van der Waals surface area contributed by atoms with Gasteiger partial charge in [-0.3, -0.25) is 9.69 Å². The van der Waals surface area contributed by atoms with Gasteiger partial charge in [0.2, 0.25) is 0 Å². The molecule has 0 aromatic heterocycles. The lowest BCUT2D eigenvalue weighted by molar-refractivity contribution is -0.153. The molecule has 5 aliphatic rings. The van der Waals surface area contributed by atoms with Crippen molar-refractivity contribution in [1.82, 2.24) is 4.90 Å². The highest BCUT2D eigenvalue weighted by Gasteiger charge is 2.57. The van der Waals surface area contributed by atoms with Crippen molar-refractivity contribution in [2.75, 3.05) is 32.1 Å². The molecule has 0 saturated carbocycles. The lowest BCUT2D eigenvalue weighted by Gasteiger charge is -2.54. The summed E-state index contributed by atoms with van der Waals surface area (Å²) < 4.78 is 5.35. The third kappa shape index (κ3) is 1.62. The molecule has 120 valence electrons. The van der Waals surface area contributed by atoms with Crippen molar-refractivity contribution < 1.29 is 9.53 Å². The van der Waals surface area contributed by atoms with Crippen LogP contribution in [-0.4, -0.2) is 43.7 Å². The number of rotatable bonds is 1. The van der Waals surface area contributed by atoms with E-state index in [9.17, 15) is 4.79 Å². The van der Waals surface area contributed by atoms with E-state index >= 15 is 0 Å². The number of nitrogens with zero attached hydrogens (tertiary/aromatic N) is 1. The largest absolute Gasteiger partial charge is 0.468 e. The maximum Gasteiger partial charge on any atom is 0.318 e. The molecule has 4 bridgehead atoms. The molecule has 4 nitrogen and oxygen atoms in total. The SMILES string of the molecule is COC(=O)[C@@]12C[C@H]3C=C[C@@H]1N(CCC1CNc4cccc2c41)C3. The fourth-order valence-corrected chi connectivity index (χ4v) is 5.45. The maximum absolute atomic E-state index is 13.1. The molecule has 1 aromatic carbocycles. The van der Waals surface area contributed by atoms with Crippen LogP contribution in [0.5, 0.6) is 0 Å². The molecular formula is C19H22N2O2. The van der Waals surface area contributed by atoms with Gasteiger partial charge in [0.05, 0.1) is 7.11 Å². The van der Waals surface area contributed by atoms with E-state index in [0.29, 0.717) is 11.8 Å². The molecular weight excluding hydrogens is 288 g/mol. The van der Waals surface area contributed by atoms with Gasteiger partial charge in [0, 0.05) is 30.7 Å². The number of esters is 1. The van der Waals surface area contributed by atoms with Crippen LogP contribution in [-0.2, 0) is 14.9 Å². The Kier molecular flexibility index (Phi) is 2.72. The Bertz CT molecular complexity index is 713. The first-order valence-corrected chi connectivity index (χ1v) is 8.62. The topological polar surface area (TPSA) is 41.6 Å². The second kappa shape index (κ2) is 4.60. The van der Waals surface area contributed by atoms with Crippen LogP contribution >= 0.6 is 0 Å². The summed E-state index contributed by atoms with van der Waals surface area (Å²) >= 11 is 0. The summed E-state index contributed by atoms with van der Waals surface area (Å²) in [5.41, 5.74) is 3.26. The van der Waals surface area contributed by atoms with Crippen molar-refractivity contribution in [3.8, 4) is 0 Å². The Morgan fingerprint density at radius 1 is 1.39 bits per heavy atom. The molecule has 4 heterocycles.